The molecule has 2 aromatic rings. The van der Waals surface area contributed by atoms with E-state index in [9.17, 15) is 18.0 Å². The van der Waals surface area contributed by atoms with E-state index in [2.05, 4.69) is 5.32 Å². The number of nitrogens with zero attached hydrogens (tertiary/aromatic N) is 2. The summed E-state index contributed by atoms with van der Waals surface area (Å²) in [6.07, 6.45) is 2.71. The lowest BCUT2D eigenvalue weighted by molar-refractivity contribution is -0.141. The molecule has 0 aliphatic carbocycles. The van der Waals surface area contributed by atoms with Crippen LogP contribution in [0.25, 0.3) is 0 Å². The van der Waals surface area contributed by atoms with Gasteiger partial charge in [-0.2, -0.15) is 0 Å². The zero-order valence-corrected chi connectivity index (χ0v) is 24.0. The van der Waals surface area contributed by atoms with Crippen molar-refractivity contribution < 1.29 is 32.2 Å². The van der Waals surface area contributed by atoms with Crippen molar-refractivity contribution >= 4 is 27.5 Å². The summed E-state index contributed by atoms with van der Waals surface area (Å²) < 4.78 is 42.9. The first kappa shape index (κ1) is 30.1. The Labute approximate surface area is 231 Å². The molecule has 2 aromatic carbocycles. The molecule has 2 amide bonds. The van der Waals surface area contributed by atoms with Crippen LogP contribution in [-0.4, -0.2) is 70.8 Å². The van der Waals surface area contributed by atoms with Crippen LogP contribution in [0.15, 0.2) is 42.5 Å². The topological polar surface area (TPSA) is 114 Å². The second kappa shape index (κ2) is 14.1. The monoisotopic (exact) mass is 561 g/mol. The third-order valence-corrected chi connectivity index (χ3v) is 7.61. The first-order valence-corrected chi connectivity index (χ1v) is 15.1. The zero-order chi connectivity index (χ0) is 28.4. The van der Waals surface area contributed by atoms with Gasteiger partial charge in [0.2, 0.25) is 21.8 Å². The van der Waals surface area contributed by atoms with E-state index in [1.807, 2.05) is 38.1 Å². The molecule has 1 aliphatic heterocycles. The summed E-state index contributed by atoms with van der Waals surface area (Å²) in [4.78, 5) is 28.1. The highest BCUT2D eigenvalue weighted by molar-refractivity contribution is 7.92. The van der Waals surface area contributed by atoms with Crippen LogP contribution in [-0.2, 0) is 26.2 Å². The largest absolute Gasteiger partial charge is 0.497 e. The molecule has 0 saturated heterocycles. The number of anilines is 1. The average Bonchev–Trinajstić information content (AvgIpc) is 2.93. The number of sulfonamides is 1. The summed E-state index contributed by atoms with van der Waals surface area (Å²) in [6.45, 7) is 5.54. The number of hydrogen-bond donors (Lipinski definition) is 1. The zero-order valence-electron chi connectivity index (χ0n) is 23.1. The number of rotatable bonds is 14. The van der Waals surface area contributed by atoms with Crippen LogP contribution in [0.1, 0.15) is 45.1 Å². The normalized spacial score (nSPS) is 13.3. The van der Waals surface area contributed by atoms with Gasteiger partial charge in [0.1, 0.15) is 25.0 Å². The lowest BCUT2D eigenvalue weighted by atomic mass is 10.1. The highest BCUT2D eigenvalue weighted by Crippen LogP contribution is 2.34. The molecular formula is C28H39N3O7S. The fraction of sp³-hybridized carbons (Fsp3) is 0.500. The van der Waals surface area contributed by atoms with Gasteiger partial charge in [-0.3, -0.25) is 13.9 Å². The fourth-order valence-electron chi connectivity index (χ4n) is 4.40. The minimum absolute atomic E-state index is 0.0737. The molecule has 0 spiro atoms. The molecule has 1 aliphatic rings. The predicted molar refractivity (Wildman–Crippen MR) is 150 cm³/mol. The third kappa shape index (κ3) is 8.26. The molecule has 0 fully saturated rings. The number of amides is 2. The average molecular weight is 562 g/mol. The van der Waals surface area contributed by atoms with Crippen LogP contribution in [0.4, 0.5) is 5.69 Å². The Kier molecular flexibility index (Phi) is 10.8. The van der Waals surface area contributed by atoms with Crippen molar-refractivity contribution in [2.45, 2.75) is 52.1 Å². The van der Waals surface area contributed by atoms with Crippen molar-refractivity contribution in [3.05, 3.63) is 48.0 Å². The van der Waals surface area contributed by atoms with Crippen LogP contribution < -0.4 is 23.8 Å². The second-order valence-electron chi connectivity index (χ2n) is 9.35. The van der Waals surface area contributed by atoms with Gasteiger partial charge in [-0.1, -0.05) is 26.0 Å². The summed E-state index contributed by atoms with van der Waals surface area (Å²) in [7, 11) is -2.04. The van der Waals surface area contributed by atoms with Crippen LogP contribution in [0.3, 0.4) is 0 Å². The van der Waals surface area contributed by atoms with E-state index in [0.29, 0.717) is 49.1 Å². The van der Waals surface area contributed by atoms with Gasteiger partial charge in [0.15, 0.2) is 11.5 Å². The first-order valence-electron chi connectivity index (χ1n) is 13.2. The highest BCUT2D eigenvalue weighted by Gasteiger charge is 2.29. The van der Waals surface area contributed by atoms with E-state index in [4.69, 9.17) is 14.2 Å². The molecule has 1 heterocycles. The van der Waals surface area contributed by atoms with Crippen LogP contribution in [0, 0.1) is 0 Å². The Morgan fingerprint density at radius 2 is 1.74 bits per heavy atom. The number of benzene rings is 2. The van der Waals surface area contributed by atoms with Crippen molar-refractivity contribution in [2.24, 2.45) is 0 Å². The van der Waals surface area contributed by atoms with Gasteiger partial charge >= 0.3 is 0 Å². The van der Waals surface area contributed by atoms with Crippen LogP contribution in [0.2, 0.25) is 0 Å². The molecule has 214 valence electrons. The molecule has 1 N–H and O–H groups in total. The molecule has 0 saturated carbocycles. The molecule has 1 unspecified atom stereocenters. The maximum atomic E-state index is 13.5. The molecule has 11 heteroatoms. The number of hydrogen-bond acceptors (Lipinski definition) is 7. The summed E-state index contributed by atoms with van der Waals surface area (Å²) in [6, 6.07) is 11.7. The molecule has 0 radical (unpaired) electrons. The predicted octanol–water partition coefficient (Wildman–Crippen LogP) is 3.35. The molecule has 0 aromatic heterocycles. The quantitative estimate of drug-likeness (QED) is 0.376. The molecule has 39 heavy (non-hydrogen) atoms. The Morgan fingerprint density at radius 1 is 1.05 bits per heavy atom. The molecule has 0 bridgehead atoms. The summed E-state index contributed by atoms with van der Waals surface area (Å²) >= 11 is 0. The van der Waals surface area contributed by atoms with Crippen LogP contribution in [0.5, 0.6) is 17.2 Å². The van der Waals surface area contributed by atoms with Gasteiger partial charge < -0.3 is 24.4 Å². The number of nitrogens with one attached hydrogen (secondary N) is 1. The van der Waals surface area contributed by atoms with E-state index in [1.54, 1.807) is 30.2 Å². The number of fused-ring (bicyclic) bond motifs is 1. The molecule has 1 atom stereocenters. The molecule has 10 nitrogen and oxygen atoms in total. The SMILES string of the molecule is CCCNC(=O)C(CC)N(Cc1ccc(OC)cc1)C(=O)CCCN(c1ccc2c(c1)OCCO2)S(C)(=O)=O. The maximum absolute atomic E-state index is 13.5. The molecule has 3 rings (SSSR count). The van der Waals surface area contributed by atoms with Crippen molar-refractivity contribution in [1.82, 2.24) is 10.2 Å². The second-order valence-corrected chi connectivity index (χ2v) is 11.3. The van der Waals surface area contributed by atoms with Gasteiger partial charge in [0.25, 0.3) is 0 Å². The maximum Gasteiger partial charge on any atom is 0.242 e. The minimum Gasteiger partial charge on any atom is -0.497 e. The van der Waals surface area contributed by atoms with Crippen LogP contribution >= 0.6 is 0 Å². The van der Waals surface area contributed by atoms with Gasteiger partial charge in [-0.05, 0) is 49.1 Å². The van der Waals surface area contributed by atoms with Crippen molar-refractivity contribution in [2.75, 3.05) is 44.0 Å². The molecular weight excluding hydrogens is 522 g/mol. The van der Waals surface area contributed by atoms with E-state index in [1.165, 1.54) is 4.31 Å². The minimum atomic E-state index is -3.63. The van der Waals surface area contributed by atoms with Crippen molar-refractivity contribution in [3.63, 3.8) is 0 Å². The number of carbonyl (C=O) groups is 2. The van der Waals surface area contributed by atoms with Gasteiger partial charge in [0, 0.05) is 32.1 Å². The Bertz CT molecular complexity index is 1220. The van der Waals surface area contributed by atoms with Gasteiger partial charge in [-0.25, -0.2) is 8.42 Å². The fourth-order valence-corrected chi connectivity index (χ4v) is 5.36. The van der Waals surface area contributed by atoms with E-state index < -0.39 is 16.1 Å². The number of carbonyl (C=O) groups excluding carboxylic acids is 2. The van der Waals surface area contributed by atoms with Crippen molar-refractivity contribution in [1.29, 1.82) is 0 Å². The standard InChI is InChI=1S/C28H39N3O7S/c1-5-15-29-28(33)24(6-2)30(20-21-9-12-23(36-3)13-10-21)27(32)8-7-16-31(39(4,34)35)22-11-14-25-26(19-22)38-18-17-37-25/h9-14,19,24H,5-8,15-18,20H2,1-4H3,(H,29,33). The van der Waals surface area contributed by atoms with E-state index in [0.717, 1.165) is 18.2 Å². The Hall–Kier alpha value is -3.47. The summed E-state index contributed by atoms with van der Waals surface area (Å²) in [5, 5.41) is 2.90. The summed E-state index contributed by atoms with van der Waals surface area (Å²) in [5.74, 6) is 1.33. The van der Waals surface area contributed by atoms with Crippen molar-refractivity contribution in [3.8, 4) is 17.2 Å². The van der Waals surface area contributed by atoms with E-state index in [-0.39, 0.29) is 37.7 Å². The van der Waals surface area contributed by atoms with E-state index >= 15 is 0 Å². The Balaban J connectivity index is 1.76. The first-order chi connectivity index (χ1) is 18.7. The third-order valence-electron chi connectivity index (χ3n) is 6.41. The van der Waals surface area contributed by atoms with Gasteiger partial charge in [-0.15, -0.1) is 0 Å². The highest BCUT2D eigenvalue weighted by atomic mass is 32.2. The summed E-state index contributed by atoms with van der Waals surface area (Å²) in [5.41, 5.74) is 1.30. The number of methoxy groups -OCH3 is 1. The van der Waals surface area contributed by atoms with Gasteiger partial charge in [0.05, 0.1) is 19.1 Å². The smallest absolute Gasteiger partial charge is 0.242 e. The lowest BCUT2D eigenvalue weighted by Crippen LogP contribution is -2.49. The lowest BCUT2D eigenvalue weighted by Gasteiger charge is -2.31. The number of ether oxygens (including phenoxy) is 3. The Morgan fingerprint density at radius 3 is 2.36 bits per heavy atom.